The molecule has 0 aliphatic heterocycles. The fourth-order valence-corrected chi connectivity index (χ4v) is 2.21. The lowest BCUT2D eigenvalue weighted by atomic mass is 10.0. The summed E-state index contributed by atoms with van der Waals surface area (Å²) in [5, 5.41) is 0. The molecule has 0 aromatic heterocycles. The molecule has 3 nitrogen and oxygen atoms in total. The Labute approximate surface area is 117 Å². The minimum absolute atomic E-state index is 0.312. The van der Waals surface area contributed by atoms with E-state index in [0.717, 1.165) is 0 Å². The molecule has 0 aliphatic rings. The molecule has 0 aliphatic carbocycles. The molecule has 1 aromatic carbocycles. The van der Waals surface area contributed by atoms with E-state index in [-0.39, 0.29) is 0 Å². The lowest BCUT2D eigenvalue weighted by Crippen LogP contribution is -2.36. The first kappa shape index (κ1) is 16.6. The Morgan fingerprint density at radius 3 is 2.45 bits per heavy atom. The van der Waals surface area contributed by atoms with Crippen LogP contribution in [0.3, 0.4) is 0 Å². The van der Waals surface area contributed by atoms with Gasteiger partial charge in [0.05, 0.1) is 7.11 Å². The lowest BCUT2D eigenvalue weighted by Gasteiger charge is -2.29. The number of halogens is 3. The molecule has 0 saturated heterocycles. The van der Waals surface area contributed by atoms with Crippen LogP contribution in [-0.2, 0) is 0 Å². The number of ether oxygens (including phenoxy) is 1. The van der Waals surface area contributed by atoms with Gasteiger partial charge in [-0.2, -0.15) is 13.2 Å². The smallest absolute Gasteiger partial charge is 0.405 e. The first-order valence-electron chi connectivity index (χ1n) is 6.54. The van der Waals surface area contributed by atoms with Crippen molar-refractivity contribution in [1.82, 2.24) is 0 Å². The maximum atomic E-state index is 12.7. The molecule has 1 atom stereocenters. The van der Waals surface area contributed by atoms with Crippen LogP contribution in [0.4, 0.5) is 18.9 Å². The van der Waals surface area contributed by atoms with Crippen LogP contribution in [0.1, 0.15) is 31.9 Å². The zero-order chi connectivity index (χ0) is 15.3. The highest BCUT2D eigenvalue weighted by molar-refractivity contribution is 5.60. The Kier molecular flexibility index (Phi) is 5.68. The van der Waals surface area contributed by atoms with E-state index in [2.05, 4.69) is 0 Å². The molecule has 114 valence electrons. The number of methoxy groups -OCH3 is 1. The van der Waals surface area contributed by atoms with E-state index in [1.807, 2.05) is 6.92 Å². The molecule has 0 spiro atoms. The van der Waals surface area contributed by atoms with E-state index in [1.54, 1.807) is 25.1 Å². The number of hydrogen-bond acceptors (Lipinski definition) is 3. The molecule has 1 aromatic rings. The summed E-state index contributed by atoms with van der Waals surface area (Å²) in [4.78, 5) is 1.31. The van der Waals surface area contributed by atoms with E-state index in [4.69, 9.17) is 10.5 Å². The Morgan fingerprint density at radius 2 is 2.00 bits per heavy atom. The van der Waals surface area contributed by atoms with Gasteiger partial charge in [-0.05, 0) is 25.5 Å². The van der Waals surface area contributed by atoms with Crippen molar-refractivity contribution in [2.45, 2.75) is 32.5 Å². The van der Waals surface area contributed by atoms with Gasteiger partial charge in [0, 0.05) is 23.8 Å². The number of hydrogen-bond donors (Lipinski definition) is 1. The average Bonchev–Trinajstić information content (AvgIpc) is 2.35. The molecule has 1 unspecified atom stereocenters. The average molecular weight is 290 g/mol. The van der Waals surface area contributed by atoms with Crippen LogP contribution in [0.2, 0.25) is 0 Å². The summed E-state index contributed by atoms with van der Waals surface area (Å²) < 4.78 is 43.4. The molecule has 0 heterocycles. The van der Waals surface area contributed by atoms with Crippen molar-refractivity contribution in [1.29, 1.82) is 0 Å². The van der Waals surface area contributed by atoms with Gasteiger partial charge in [-0.3, -0.25) is 0 Å². The third-order valence-electron chi connectivity index (χ3n) is 2.92. The Balaban J connectivity index is 3.25. The van der Waals surface area contributed by atoms with Crippen molar-refractivity contribution < 1.29 is 17.9 Å². The molecule has 6 heteroatoms. The summed E-state index contributed by atoms with van der Waals surface area (Å²) in [7, 11) is 1.49. The Hall–Kier alpha value is -1.43. The third kappa shape index (κ3) is 4.30. The van der Waals surface area contributed by atoms with Crippen LogP contribution in [0.25, 0.3) is 0 Å². The Morgan fingerprint density at radius 1 is 1.35 bits per heavy atom. The molecule has 0 radical (unpaired) electrons. The van der Waals surface area contributed by atoms with Crippen molar-refractivity contribution in [3.63, 3.8) is 0 Å². The summed E-state index contributed by atoms with van der Waals surface area (Å²) in [6, 6.07) is 4.63. The number of anilines is 1. The molecule has 20 heavy (non-hydrogen) atoms. The van der Waals surface area contributed by atoms with Crippen molar-refractivity contribution in [2.75, 3.05) is 25.1 Å². The van der Waals surface area contributed by atoms with Gasteiger partial charge in [0.15, 0.2) is 0 Å². The summed E-state index contributed by atoms with van der Waals surface area (Å²) >= 11 is 0. The van der Waals surface area contributed by atoms with Crippen molar-refractivity contribution in [2.24, 2.45) is 5.73 Å². The maximum Gasteiger partial charge on any atom is 0.405 e. The minimum atomic E-state index is -4.26. The van der Waals surface area contributed by atoms with Crippen LogP contribution in [0.15, 0.2) is 18.2 Å². The molecule has 0 fully saturated rings. The van der Waals surface area contributed by atoms with Gasteiger partial charge < -0.3 is 15.4 Å². The number of nitrogens with two attached hydrogens (primary N) is 1. The van der Waals surface area contributed by atoms with Gasteiger partial charge in [0.2, 0.25) is 0 Å². The number of nitrogens with zero attached hydrogens (tertiary/aromatic N) is 1. The molecule has 0 saturated carbocycles. The van der Waals surface area contributed by atoms with Crippen LogP contribution >= 0.6 is 0 Å². The van der Waals surface area contributed by atoms with Crippen LogP contribution in [0.5, 0.6) is 5.75 Å². The first-order valence-corrected chi connectivity index (χ1v) is 6.54. The second-order valence-corrected chi connectivity index (χ2v) is 4.72. The highest BCUT2D eigenvalue weighted by Crippen LogP contribution is 2.35. The normalized spacial score (nSPS) is 13.2. The highest BCUT2D eigenvalue weighted by Gasteiger charge is 2.32. The van der Waals surface area contributed by atoms with Gasteiger partial charge in [0.1, 0.15) is 12.3 Å². The van der Waals surface area contributed by atoms with Gasteiger partial charge >= 0.3 is 6.18 Å². The topological polar surface area (TPSA) is 38.5 Å². The van der Waals surface area contributed by atoms with Crippen LogP contribution in [0, 0.1) is 0 Å². The van der Waals surface area contributed by atoms with Gasteiger partial charge in [-0.1, -0.05) is 13.0 Å². The summed E-state index contributed by atoms with van der Waals surface area (Å²) in [5.41, 5.74) is 6.99. The van der Waals surface area contributed by atoms with Crippen LogP contribution in [-0.4, -0.2) is 26.4 Å². The Bertz CT molecular complexity index is 433. The summed E-state index contributed by atoms with van der Waals surface area (Å²) in [6.45, 7) is 2.90. The summed E-state index contributed by atoms with van der Waals surface area (Å²) in [6.07, 6.45) is -3.64. The fraction of sp³-hybridized carbons (Fsp3) is 0.571. The quantitative estimate of drug-likeness (QED) is 0.871. The molecular weight excluding hydrogens is 269 g/mol. The zero-order valence-electron chi connectivity index (χ0n) is 12.0. The molecule has 2 N–H and O–H groups in total. The third-order valence-corrected chi connectivity index (χ3v) is 2.92. The largest absolute Gasteiger partial charge is 0.496 e. The second kappa shape index (κ2) is 6.83. The van der Waals surface area contributed by atoms with Gasteiger partial charge in [0.25, 0.3) is 0 Å². The minimum Gasteiger partial charge on any atom is -0.496 e. The molecular formula is C14H21F3N2O. The van der Waals surface area contributed by atoms with E-state index >= 15 is 0 Å². The van der Waals surface area contributed by atoms with E-state index in [1.165, 1.54) is 12.0 Å². The van der Waals surface area contributed by atoms with Gasteiger partial charge in [-0.25, -0.2) is 0 Å². The molecule has 1 rings (SSSR count). The monoisotopic (exact) mass is 290 g/mol. The van der Waals surface area contributed by atoms with Crippen molar-refractivity contribution in [3.05, 3.63) is 23.8 Å². The lowest BCUT2D eigenvalue weighted by molar-refractivity contribution is -0.119. The summed E-state index contributed by atoms with van der Waals surface area (Å²) in [5.74, 6) is 0.515. The first-order chi connectivity index (χ1) is 9.30. The van der Waals surface area contributed by atoms with Gasteiger partial charge in [-0.15, -0.1) is 0 Å². The number of benzene rings is 1. The predicted octanol–water partition coefficient (Wildman–Crippen LogP) is 3.49. The zero-order valence-corrected chi connectivity index (χ0v) is 12.0. The SMILES string of the molecule is CCCN(CC(F)(F)F)c1cccc(OC)c1C(C)N. The second-order valence-electron chi connectivity index (χ2n) is 4.72. The number of rotatable bonds is 6. The fourth-order valence-electron chi connectivity index (χ4n) is 2.21. The van der Waals surface area contributed by atoms with Crippen molar-refractivity contribution >= 4 is 5.69 Å². The molecule has 0 amide bonds. The number of alkyl halides is 3. The van der Waals surface area contributed by atoms with E-state index in [9.17, 15) is 13.2 Å². The predicted molar refractivity (Wildman–Crippen MR) is 74.2 cm³/mol. The van der Waals surface area contributed by atoms with E-state index in [0.29, 0.717) is 30.0 Å². The molecule has 0 bridgehead atoms. The highest BCUT2D eigenvalue weighted by atomic mass is 19.4. The standard InChI is InChI=1S/C14H21F3N2O/c1-4-8-19(9-14(15,16)17)11-6-5-7-12(20-3)13(11)10(2)18/h5-7,10H,4,8-9,18H2,1-3H3. The maximum absolute atomic E-state index is 12.7. The van der Waals surface area contributed by atoms with Crippen molar-refractivity contribution in [3.8, 4) is 5.75 Å². The van der Waals surface area contributed by atoms with Crippen LogP contribution < -0.4 is 15.4 Å². The van der Waals surface area contributed by atoms with E-state index < -0.39 is 18.8 Å².